The molecule has 1 heterocycles. The van der Waals surface area contributed by atoms with Gasteiger partial charge in [0.2, 0.25) is 0 Å². The number of rotatable bonds is 6. The van der Waals surface area contributed by atoms with Gasteiger partial charge in [-0.1, -0.05) is 6.07 Å². The number of aromatic nitrogens is 1. The Morgan fingerprint density at radius 2 is 1.96 bits per heavy atom. The fourth-order valence-corrected chi connectivity index (χ4v) is 3.29. The Bertz CT molecular complexity index is 1050. The van der Waals surface area contributed by atoms with Gasteiger partial charge < -0.3 is 9.47 Å². The molecule has 3 aromatic rings. The first-order valence-electron chi connectivity index (χ1n) is 8.17. The van der Waals surface area contributed by atoms with Crippen molar-refractivity contribution in [3.8, 4) is 22.8 Å². The van der Waals surface area contributed by atoms with Crippen molar-refractivity contribution in [2.75, 3.05) is 19.5 Å². The van der Waals surface area contributed by atoms with Crippen molar-refractivity contribution in [2.45, 2.75) is 6.92 Å². The van der Waals surface area contributed by atoms with Gasteiger partial charge in [0, 0.05) is 28.1 Å². The van der Waals surface area contributed by atoms with E-state index in [2.05, 4.69) is 10.3 Å². The van der Waals surface area contributed by atoms with Gasteiger partial charge in [-0.15, -0.1) is 11.3 Å². The second-order valence-electron chi connectivity index (χ2n) is 5.82. The van der Waals surface area contributed by atoms with Gasteiger partial charge >= 0.3 is 0 Å². The van der Waals surface area contributed by atoms with Crippen molar-refractivity contribution in [1.82, 2.24) is 4.98 Å². The molecular weight excluding hydrogens is 382 g/mol. The molecule has 1 N–H and O–H groups in total. The molecule has 0 radical (unpaired) electrons. The summed E-state index contributed by atoms with van der Waals surface area (Å²) < 4.78 is 10.6. The minimum absolute atomic E-state index is 0.103. The van der Waals surface area contributed by atoms with Crippen molar-refractivity contribution < 1.29 is 19.2 Å². The maximum Gasteiger partial charge on any atom is 0.273 e. The van der Waals surface area contributed by atoms with Crippen LogP contribution < -0.4 is 14.8 Å². The summed E-state index contributed by atoms with van der Waals surface area (Å²) in [7, 11) is 3.13. The molecular formula is C19H17N3O5S. The fourth-order valence-electron chi connectivity index (χ4n) is 2.59. The molecule has 0 spiro atoms. The number of benzene rings is 2. The number of nitro groups is 1. The molecule has 0 aliphatic heterocycles. The van der Waals surface area contributed by atoms with Gasteiger partial charge in [-0.3, -0.25) is 20.2 Å². The van der Waals surface area contributed by atoms with Crippen molar-refractivity contribution in [1.29, 1.82) is 0 Å². The zero-order valence-corrected chi connectivity index (χ0v) is 16.2. The Morgan fingerprint density at radius 3 is 2.64 bits per heavy atom. The maximum absolute atomic E-state index is 12.5. The van der Waals surface area contributed by atoms with Crippen LogP contribution in [-0.2, 0) is 0 Å². The molecule has 1 aromatic heterocycles. The number of nitrogens with one attached hydrogen (secondary N) is 1. The van der Waals surface area contributed by atoms with Gasteiger partial charge in [-0.25, -0.2) is 4.98 Å². The summed E-state index contributed by atoms with van der Waals surface area (Å²) in [6, 6.07) is 9.69. The molecule has 0 unspecified atom stereocenters. The van der Waals surface area contributed by atoms with Crippen LogP contribution >= 0.6 is 11.3 Å². The third kappa shape index (κ3) is 3.94. The van der Waals surface area contributed by atoms with E-state index in [4.69, 9.17) is 9.47 Å². The quantitative estimate of drug-likeness (QED) is 0.490. The van der Waals surface area contributed by atoms with E-state index in [0.29, 0.717) is 27.9 Å². The molecule has 3 rings (SSSR count). The number of anilines is 1. The van der Waals surface area contributed by atoms with Crippen LogP contribution in [0.4, 0.5) is 10.8 Å². The average Bonchev–Trinajstić information content (AvgIpc) is 3.15. The van der Waals surface area contributed by atoms with Gasteiger partial charge in [-0.2, -0.15) is 0 Å². The van der Waals surface area contributed by atoms with Crippen LogP contribution in [0.15, 0.2) is 41.8 Å². The first-order chi connectivity index (χ1) is 13.4. The topological polar surface area (TPSA) is 104 Å². The SMILES string of the molecule is COc1ccc(OC)c(-c2csc(NC(=O)c3ccc(C)c([N+](=O)[O-])c3)n2)c1. The second kappa shape index (κ2) is 8.05. The normalized spacial score (nSPS) is 10.4. The number of nitro benzene ring substituents is 1. The number of carbonyl (C=O) groups excluding carboxylic acids is 1. The minimum Gasteiger partial charge on any atom is -0.497 e. The van der Waals surface area contributed by atoms with E-state index < -0.39 is 10.8 Å². The van der Waals surface area contributed by atoms with E-state index in [1.54, 1.807) is 50.8 Å². The molecule has 0 aliphatic rings. The van der Waals surface area contributed by atoms with Crippen molar-refractivity contribution in [3.63, 3.8) is 0 Å². The summed E-state index contributed by atoms with van der Waals surface area (Å²) >= 11 is 1.24. The Kier molecular flexibility index (Phi) is 5.55. The number of aryl methyl sites for hydroxylation is 1. The van der Waals surface area contributed by atoms with Crippen LogP contribution in [0.1, 0.15) is 15.9 Å². The van der Waals surface area contributed by atoms with Crippen LogP contribution in [-0.4, -0.2) is 30.0 Å². The van der Waals surface area contributed by atoms with Crippen LogP contribution in [0.5, 0.6) is 11.5 Å². The highest BCUT2D eigenvalue weighted by atomic mass is 32.1. The monoisotopic (exact) mass is 399 g/mol. The lowest BCUT2D eigenvalue weighted by Gasteiger charge is -2.08. The van der Waals surface area contributed by atoms with E-state index in [9.17, 15) is 14.9 Å². The van der Waals surface area contributed by atoms with Gasteiger partial charge in [0.15, 0.2) is 5.13 Å². The fraction of sp³-hybridized carbons (Fsp3) is 0.158. The Morgan fingerprint density at radius 1 is 1.18 bits per heavy atom. The number of nitrogens with zero attached hydrogens (tertiary/aromatic N) is 2. The lowest BCUT2D eigenvalue weighted by molar-refractivity contribution is -0.385. The lowest BCUT2D eigenvalue weighted by atomic mass is 10.1. The highest BCUT2D eigenvalue weighted by molar-refractivity contribution is 7.14. The first-order valence-corrected chi connectivity index (χ1v) is 9.05. The van der Waals surface area contributed by atoms with Crippen LogP contribution in [0.3, 0.4) is 0 Å². The molecule has 9 heteroatoms. The zero-order valence-electron chi connectivity index (χ0n) is 15.4. The number of thiazole rings is 1. The number of hydrogen-bond donors (Lipinski definition) is 1. The minimum atomic E-state index is -0.511. The van der Waals surface area contributed by atoms with Crippen molar-refractivity contribution in [2.24, 2.45) is 0 Å². The van der Waals surface area contributed by atoms with Crippen molar-refractivity contribution >= 4 is 28.1 Å². The molecule has 1 amide bonds. The lowest BCUT2D eigenvalue weighted by Crippen LogP contribution is -2.12. The number of hydrogen-bond acceptors (Lipinski definition) is 7. The van der Waals surface area contributed by atoms with E-state index in [0.717, 1.165) is 5.56 Å². The molecule has 0 saturated carbocycles. The molecule has 28 heavy (non-hydrogen) atoms. The van der Waals surface area contributed by atoms with E-state index >= 15 is 0 Å². The van der Waals surface area contributed by atoms with Crippen LogP contribution in [0.2, 0.25) is 0 Å². The highest BCUT2D eigenvalue weighted by Crippen LogP contribution is 2.35. The summed E-state index contributed by atoms with van der Waals surface area (Å²) in [6.07, 6.45) is 0. The Balaban J connectivity index is 1.85. The van der Waals surface area contributed by atoms with E-state index in [1.165, 1.54) is 23.5 Å². The van der Waals surface area contributed by atoms with Crippen molar-refractivity contribution in [3.05, 3.63) is 63.0 Å². The first kappa shape index (κ1) is 19.3. The maximum atomic E-state index is 12.5. The number of carbonyl (C=O) groups is 1. The predicted molar refractivity (Wildman–Crippen MR) is 106 cm³/mol. The highest BCUT2D eigenvalue weighted by Gasteiger charge is 2.17. The summed E-state index contributed by atoms with van der Waals surface area (Å²) in [5.41, 5.74) is 1.92. The van der Waals surface area contributed by atoms with E-state index in [1.807, 2.05) is 0 Å². The van der Waals surface area contributed by atoms with Gasteiger partial charge in [0.1, 0.15) is 11.5 Å². The molecule has 0 atom stereocenters. The third-order valence-corrected chi connectivity index (χ3v) is 4.83. The summed E-state index contributed by atoms with van der Waals surface area (Å²) in [4.78, 5) is 27.4. The standard InChI is InChI=1S/C19H17N3O5S/c1-11-4-5-12(8-16(11)22(24)25)18(23)21-19-20-15(10-28-19)14-9-13(26-2)6-7-17(14)27-3/h4-10H,1-3H3,(H,20,21,23). The smallest absolute Gasteiger partial charge is 0.273 e. The molecule has 0 saturated heterocycles. The third-order valence-electron chi connectivity index (χ3n) is 4.08. The number of methoxy groups -OCH3 is 2. The van der Waals surface area contributed by atoms with Crippen LogP contribution in [0, 0.1) is 17.0 Å². The summed E-state index contributed by atoms with van der Waals surface area (Å²) in [5.74, 6) is 0.807. The Hall–Kier alpha value is -3.46. The summed E-state index contributed by atoms with van der Waals surface area (Å²) in [5, 5.41) is 15.9. The van der Waals surface area contributed by atoms with Gasteiger partial charge in [0.25, 0.3) is 11.6 Å². The predicted octanol–water partition coefficient (Wildman–Crippen LogP) is 4.30. The Labute approximate surface area is 164 Å². The van der Waals surface area contributed by atoms with Gasteiger partial charge in [0.05, 0.1) is 24.8 Å². The van der Waals surface area contributed by atoms with Gasteiger partial charge in [-0.05, 0) is 31.2 Å². The second-order valence-corrected chi connectivity index (χ2v) is 6.67. The molecule has 0 fully saturated rings. The zero-order chi connectivity index (χ0) is 20.3. The number of amides is 1. The molecule has 2 aromatic carbocycles. The molecule has 0 aliphatic carbocycles. The molecule has 8 nitrogen and oxygen atoms in total. The largest absolute Gasteiger partial charge is 0.497 e. The summed E-state index contributed by atoms with van der Waals surface area (Å²) in [6.45, 7) is 1.62. The van der Waals surface area contributed by atoms with Crippen LogP contribution in [0.25, 0.3) is 11.3 Å². The molecule has 0 bridgehead atoms. The average molecular weight is 399 g/mol. The molecule has 144 valence electrons. The van der Waals surface area contributed by atoms with E-state index in [-0.39, 0.29) is 11.3 Å². The number of ether oxygens (including phenoxy) is 2.